The van der Waals surface area contributed by atoms with Crippen LogP contribution in [0.3, 0.4) is 0 Å². The Kier molecular flexibility index (Phi) is 6.58. The van der Waals surface area contributed by atoms with Crippen LogP contribution in [0, 0.1) is 6.92 Å². The van der Waals surface area contributed by atoms with E-state index >= 15 is 0 Å². The van der Waals surface area contributed by atoms with Crippen molar-refractivity contribution in [3.05, 3.63) is 95.6 Å². The van der Waals surface area contributed by atoms with Crippen molar-refractivity contribution in [3.63, 3.8) is 0 Å². The van der Waals surface area contributed by atoms with Crippen molar-refractivity contribution in [2.24, 2.45) is 0 Å². The molecule has 3 aromatic rings. The molecule has 0 saturated heterocycles. The van der Waals surface area contributed by atoms with E-state index in [2.05, 4.69) is 22.8 Å². The van der Waals surface area contributed by atoms with Crippen LogP contribution in [0.2, 0.25) is 0 Å². The van der Waals surface area contributed by atoms with Crippen molar-refractivity contribution in [3.8, 4) is 0 Å². The van der Waals surface area contributed by atoms with E-state index in [1.54, 1.807) is 24.3 Å². The summed E-state index contributed by atoms with van der Waals surface area (Å²) in [7, 11) is 0. The Bertz CT molecular complexity index is 952. The Hall–Kier alpha value is -3.40. The Balaban J connectivity index is 1.53. The highest BCUT2D eigenvalue weighted by Gasteiger charge is 2.09. The molecule has 0 saturated carbocycles. The van der Waals surface area contributed by atoms with Gasteiger partial charge in [-0.05, 0) is 61.2 Å². The molecule has 0 bridgehead atoms. The lowest BCUT2D eigenvalue weighted by Gasteiger charge is -2.09. The fraction of sp³-hybridized carbons (Fsp3) is 0.167. The van der Waals surface area contributed by atoms with E-state index < -0.39 is 0 Å². The summed E-state index contributed by atoms with van der Waals surface area (Å²) in [5, 5.41) is 5.76. The molecule has 0 fully saturated rings. The molecule has 0 aliphatic heterocycles. The van der Waals surface area contributed by atoms with Gasteiger partial charge in [-0.3, -0.25) is 9.59 Å². The van der Waals surface area contributed by atoms with E-state index in [0.29, 0.717) is 17.7 Å². The van der Waals surface area contributed by atoms with Gasteiger partial charge in [0.15, 0.2) is 0 Å². The minimum atomic E-state index is -0.203. The molecule has 0 atom stereocenters. The number of hydrogen-bond acceptors (Lipinski definition) is 2. The van der Waals surface area contributed by atoms with Gasteiger partial charge >= 0.3 is 0 Å². The van der Waals surface area contributed by atoms with Gasteiger partial charge in [0.1, 0.15) is 0 Å². The molecule has 0 aliphatic rings. The van der Waals surface area contributed by atoms with E-state index in [4.69, 9.17) is 0 Å². The van der Waals surface area contributed by atoms with Crippen LogP contribution in [0.25, 0.3) is 0 Å². The number of hydrogen-bond donors (Lipinski definition) is 2. The standard InChI is InChI=1S/C24H24N2O2/c1-18-8-5-13-21(16-18)26-24(28)20-12-7-14-22(17-20)25-23(27)15-6-11-19-9-3-2-4-10-19/h2-5,7-10,12-14,16-17H,6,11,15H2,1H3,(H,25,27)(H,26,28). The van der Waals surface area contributed by atoms with Crippen LogP contribution in [0.15, 0.2) is 78.9 Å². The average molecular weight is 372 g/mol. The summed E-state index contributed by atoms with van der Waals surface area (Å²) in [5.41, 5.74) is 4.19. The molecule has 0 aromatic heterocycles. The first-order valence-corrected chi connectivity index (χ1v) is 9.42. The molecule has 2 amide bonds. The third-order valence-corrected chi connectivity index (χ3v) is 4.40. The lowest BCUT2D eigenvalue weighted by molar-refractivity contribution is -0.116. The van der Waals surface area contributed by atoms with Crippen molar-refractivity contribution < 1.29 is 9.59 Å². The topological polar surface area (TPSA) is 58.2 Å². The highest BCUT2D eigenvalue weighted by Crippen LogP contribution is 2.15. The monoisotopic (exact) mass is 372 g/mol. The second-order valence-corrected chi connectivity index (χ2v) is 6.79. The minimum absolute atomic E-state index is 0.0489. The number of rotatable bonds is 7. The van der Waals surface area contributed by atoms with Gasteiger partial charge in [0, 0.05) is 23.4 Å². The molecule has 142 valence electrons. The Morgan fingerprint density at radius 2 is 1.50 bits per heavy atom. The number of carbonyl (C=O) groups excluding carboxylic acids is 2. The van der Waals surface area contributed by atoms with Crippen LogP contribution >= 0.6 is 0 Å². The Labute approximate surface area is 165 Å². The van der Waals surface area contributed by atoms with E-state index in [0.717, 1.165) is 24.1 Å². The van der Waals surface area contributed by atoms with E-state index in [-0.39, 0.29) is 11.8 Å². The van der Waals surface area contributed by atoms with E-state index in [1.807, 2.05) is 49.4 Å². The zero-order valence-corrected chi connectivity index (χ0v) is 15.9. The number of carbonyl (C=O) groups is 2. The first-order valence-electron chi connectivity index (χ1n) is 9.42. The maximum absolute atomic E-state index is 12.5. The van der Waals surface area contributed by atoms with Crippen molar-refractivity contribution in [1.82, 2.24) is 0 Å². The van der Waals surface area contributed by atoms with Crippen LogP contribution in [0.1, 0.15) is 34.3 Å². The van der Waals surface area contributed by atoms with Gasteiger partial charge in [-0.15, -0.1) is 0 Å². The molecule has 28 heavy (non-hydrogen) atoms. The Morgan fingerprint density at radius 1 is 0.786 bits per heavy atom. The lowest BCUT2D eigenvalue weighted by Crippen LogP contribution is -2.14. The molecule has 2 N–H and O–H groups in total. The molecule has 0 heterocycles. The van der Waals surface area contributed by atoms with Crippen molar-refractivity contribution in [1.29, 1.82) is 0 Å². The van der Waals surface area contributed by atoms with Crippen molar-refractivity contribution in [2.75, 3.05) is 10.6 Å². The van der Waals surface area contributed by atoms with Gasteiger partial charge in [0.2, 0.25) is 5.91 Å². The van der Waals surface area contributed by atoms with E-state index in [9.17, 15) is 9.59 Å². The predicted molar refractivity (Wildman–Crippen MR) is 114 cm³/mol. The number of benzene rings is 3. The molecule has 0 spiro atoms. The summed E-state index contributed by atoms with van der Waals surface area (Å²) in [6, 6.07) is 24.7. The largest absolute Gasteiger partial charge is 0.326 e. The first-order chi connectivity index (χ1) is 13.6. The van der Waals surface area contributed by atoms with Crippen LogP contribution in [-0.2, 0) is 11.2 Å². The summed E-state index contributed by atoms with van der Waals surface area (Å²) in [5.74, 6) is -0.252. The maximum Gasteiger partial charge on any atom is 0.255 e. The van der Waals surface area contributed by atoms with Crippen molar-refractivity contribution >= 4 is 23.2 Å². The zero-order chi connectivity index (χ0) is 19.8. The second-order valence-electron chi connectivity index (χ2n) is 6.79. The van der Waals surface area contributed by atoms with Crippen LogP contribution in [0.4, 0.5) is 11.4 Å². The SMILES string of the molecule is Cc1cccc(NC(=O)c2cccc(NC(=O)CCCc3ccccc3)c2)c1. The van der Waals surface area contributed by atoms with Gasteiger partial charge in [0.05, 0.1) is 0 Å². The summed E-state index contributed by atoms with van der Waals surface area (Å²) in [6.07, 6.45) is 2.09. The summed E-state index contributed by atoms with van der Waals surface area (Å²) in [4.78, 5) is 24.7. The van der Waals surface area contributed by atoms with Gasteiger partial charge in [-0.1, -0.05) is 48.5 Å². The molecule has 3 rings (SSSR count). The quantitative estimate of drug-likeness (QED) is 0.598. The predicted octanol–water partition coefficient (Wildman–Crippen LogP) is 5.21. The number of amides is 2. The fourth-order valence-electron chi connectivity index (χ4n) is 2.99. The molecule has 4 heteroatoms. The summed E-state index contributed by atoms with van der Waals surface area (Å²) >= 11 is 0. The van der Waals surface area contributed by atoms with Gasteiger partial charge in [-0.2, -0.15) is 0 Å². The number of aryl methyl sites for hydroxylation is 2. The number of anilines is 2. The molecular formula is C24H24N2O2. The second kappa shape index (κ2) is 9.51. The van der Waals surface area contributed by atoms with Crippen molar-refractivity contribution in [2.45, 2.75) is 26.2 Å². The van der Waals surface area contributed by atoms with Crippen LogP contribution in [0.5, 0.6) is 0 Å². The smallest absolute Gasteiger partial charge is 0.255 e. The molecule has 0 radical (unpaired) electrons. The molecule has 4 nitrogen and oxygen atoms in total. The zero-order valence-electron chi connectivity index (χ0n) is 15.9. The van der Waals surface area contributed by atoms with Gasteiger partial charge in [-0.25, -0.2) is 0 Å². The molecule has 3 aromatic carbocycles. The lowest BCUT2D eigenvalue weighted by atomic mass is 10.1. The summed E-state index contributed by atoms with van der Waals surface area (Å²) in [6.45, 7) is 1.98. The summed E-state index contributed by atoms with van der Waals surface area (Å²) < 4.78 is 0. The van der Waals surface area contributed by atoms with Gasteiger partial charge in [0.25, 0.3) is 5.91 Å². The third-order valence-electron chi connectivity index (χ3n) is 4.40. The molecule has 0 unspecified atom stereocenters. The number of nitrogens with one attached hydrogen (secondary N) is 2. The molecular weight excluding hydrogens is 348 g/mol. The Morgan fingerprint density at radius 3 is 2.25 bits per heavy atom. The van der Waals surface area contributed by atoms with Crippen LogP contribution in [-0.4, -0.2) is 11.8 Å². The van der Waals surface area contributed by atoms with Gasteiger partial charge < -0.3 is 10.6 Å². The average Bonchev–Trinajstić information content (AvgIpc) is 2.69. The van der Waals surface area contributed by atoms with Crippen LogP contribution < -0.4 is 10.6 Å². The fourth-order valence-corrected chi connectivity index (χ4v) is 2.99. The highest BCUT2D eigenvalue weighted by molar-refractivity contribution is 6.05. The highest BCUT2D eigenvalue weighted by atomic mass is 16.2. The maximum atomic E-state index is 12.5. The minimum Gasteiger partial charge on any atom is -0.326 e. The first kappa shape index (κ1) is 19.4. The third kappa shape index (κ3) is 5.81. The van der Waals surface area contributed by atoms with E-state index in [1.165, 1.54) is 5.56 Å². The molecule has 0 aliphatic carbocycles. The normalized spacial score (nSPS) is 10.3.